The van der Waals surface area contributed by atoms with Crippen LogP contribution in [0.3, 0.4) is 0 Å². The Labute approximate surface area is 145 Å². The minimum Gasteiger partial charge on any atom is -0.429 e. The van der Waals surface area contributed by atoms with Crippen LogP contribution in [0, 0.1) is 0 Å². The van der Waals surface area contributed by atoms with Gasteiger partial charge in [0.25, 0.3) is 6.47 Å². The summed E-state index contributed by atoms with van der Waals surface area (Å²) in [6.45, 7) is 2.74. The van der Waals surface area contributed by atoms with Gasteiger partial charge >= 0.3 is 0 Å². The van der Waals surface area contributed by atoms with Gasteiger partial charge in [-0.3, -0.25) is 4.79 Å². The second kappa shape index (κ2) is 8.03. The molecule has 2 aromatic carbocycles. The van der Waals surface area contributed by atoms with E-state index in [1.54, 1.807) is 36.7 Å². The molecule has 0 aliphatic heterocycles. The van der Waals surface area contributed by atoms with E-state index in [1.165, 1.54) is 0 Å². The van der Waals surface area contributed by atoms with Crippen molar-refractivity contribution in [2.45, 2.75) is 6.92 Å². The molecule has 0 amide bonds. The number of hydrogen-bond acceptors (Lipinski definition) is 6. The molecule has 0 fully saturated rings. The number of benzene rings is 2. The zero-order chi connectivity index (χ0) is 17.5. The van der Waals surface area contributed by atoms with Crippen molar-refractivity contribution in [3.05, 3.63) is 60.9 Å². The van der Waals surface area contributed by atoms with Crippen molar-refractivity contribution in [2.75, 3.05) is 6.61 Å². The highest BCUT2D eigenvalue weighted by atomic mass is 17.2. The highest BCUT2D eigenvalue weighted by Gasteiger charge is 2.04. The number of aromatic nitrogens is 2. The van der Waals surface area contributed by atoms with E-state index in [0.717, 1.165) is 16.7 Å². The summed E-state index contributed by atoms with van der Waals surface area (Å²) in [4.78, 5) is 29.1. The van der Waals surface area contributed by atoms with Gasteiger partial charge in [0, 0.05) is 23.5 Å². The molecule has 6 heteroatoms. The average molecular weight is 336 g/mol. The van der Waals surface area contributed by atoms with Gasteiger partial charge < -0.3 is 9.62 Å². The molecule has 0 atom stereocenters. The van der Waals surface area contributed by atoms with E-state index in [4.69, 9.17) is 14.5 Å². The largest absolute Gasteiger partial charge is 0.429 e. The second-order valence-corrected chi connectivity index (χ2v) is 5.05. The smallest absolute Gasteiger partial charge is 0.298 e. The standard InChI is InChI=1S/C19H16N2O4/c1-2-24-25-18-9-3-14(4-10-18)16-11-20-19(21-12-16)15-5-7-17(8-6-15)23-13-22/h3-13H,2H2,1H3. The minimum absolute atomic E-state index is 0.394. The number of rotatable bonds is 7. The highest BCUT2D eigenvalue weighted by Crippen LogP contribution is 2.24. The van der Waals surface area contributed by atoms with Crippen molar-refractivity contribution in [1.29, 1.82) is 0 Å². The van der Waals surface area contributed by atoms with Crippen LogP contribution in [-0.4, -0.2) is 23.0 Å². The van der Waals surface area contributed by atoms with Crippen molar-refractivity contribution in [2.24, 2.45) is 0 Å². The Morgan fingerprint density at radius 3 is 2.04 bits per heavy atom. The van der Waals surface area contributed by atoms with Crippen molar-refractivity contribution in [3.63, 3.8) is 0 Å². The molecule has 0 bridgehead atoms. The lowest BCUT2D eigenvalue weighted by atomic mass is 10.1. The van der Waals surface area contributed by atoms with Gasteiger partial charge in [-0.05, 0) is 48.9 Å². The molecule has 0 saturated carbocycles. The first kappa shape index (κ1) is 16.6. The molecular weight excluding hydrogens is 320 g/mol. The molecule has 0 N–H and O–H groups in total. The summed E-state index contributed by atoms with van der Waals surface area (Å²) in [6.07, 6.45) is 3.52. The van der Waals surface area contributed by atoms with Gasteiger partial charge in [0.15, 0.2) is 11.6 Å². The Kier molecular flexibility index (Phi) is 5.33. The molecular formula is C19H16N2O4. The quantitative estimate of drug-likeness (QED) is 0.372. The maximum absolute atomic E-state index is 10.3. The third-order valence-electron chi connectivity index (χ3n) is 3.41. The fourth-order valence-electron chi connectivity index (χ4n) is 2.19. The number of nitrogens with zero attached hydrogens (tertiary/aromatic N) is 2. The third-order valence-corrected chi connectivity index (χ3v) is 3.41. The van der Waals surface area contributed by atoms with Gasteiger partial charge in [-0.15, -0.1) is 0 Å². The van der Waals surface area contributed by atoms with Crippen LogP contribution < -0.4 is 9.62 Å². The van der Waals surface area contributed by atoms with Gasteiger partial charge in [-0.25, -0.2) is 9.97 Å². The molecule has 126 valence electrons. The van der Waals surface area contributed by atoms with E-state index in [9.17, 15) is 4.79 Å². The molecule has 0 aliphatic carbocycles. The van der Waals surface area contributed by atoms with Crippen LogP contribution in [0.5, 0.6) is 11.5 Å². The van der Waals surface area contributed by atoms with E-state index in [2.05, 4.69) is 9.97 Å². The molecule has 0 aliphatic rings. The first-order valence-corrected chi connectivity index (χ1v) is 7.73. The molecule has 6 nitrogen and oxygen atoms in total. The van der Waals surface area contributed by atoms with E-state index in [1.807, 2.05) is 31.2 Å². The number of carbonyl (C=O) groups is 1. The normalized spacial score (nSPS) is 10.3. The fraction of sp³-hybridized carbons (Fsp3) is 0.105. The Morgan fingerprint density at radius 2 is 1.44 bits per heavy atom. The zero-order valence-electron chi connectivity index (χ0n) is 13.6. The Morgan fingerprint density at radius 1 is 0.840 bits per heavy atom. The van der Waals surface area contributed by atoms with Gasteiger partial charge in [0.05, 0.1) is 6.61 Å². The lowest BCUT2D eigenvalue weighted by molar-refractivity contribution is -0.202. The topological polar surface area (TPSA) is 70.5 Å². The van der Waals surface area contributed by atoms with Gasteiger partial charge in [-0.2, -0.15) is 4.89 Å². The van der Waals surface area contributed by atoms with Crippen LogP contribution in [0.4, 0.5) is 0 Å². The van der Waals surface area contributed by atoms with Crippen LogP contribution >= 0.6 is 0 Å². The van der Waals surface area contributed by atoms with Crippen LogP contribution in [0.25, 0.3) is 22.5 Å². The SMILES string of the molecule is CCOOc1ccc(-c2cnc(-c3ccc(OC=O)cc3)nc2)cc1. The number of ether oxygens (including phenoxy) is 1. The van der Waals surface area contributed by atoms with Crippen molar-refractivity contribution >= 4 is 6.47 Å². The van der Waals surface area contributed by atoms with Crippen molar-refractivity contribution in [3.8, 4) is 34.0 Å². The molecule has 3 aromatic rings. The van der Waals surface area contributed by atoms with Gasteiger partial charge in [0.1, 0.15) is 5.75 Å². The molecule has 1 heterocycles. The minimum atomic E-state index is 0.394. The van der Waals surface area contributed by atoms with Crippen LogP contribution in [0.15, 0.2) is 60.9 Å². The number of hydrogen-bond donors (Lipinski definition) is 0. The maximum Gasteiger partial charge on any atom is 0.298 e. The Hall–Kier alpha value is -3.25. The molecule has 25 heavy (non-hydrogen) atoms. The van der Waals surface area contributed by atoms with Gasteiger partial charge in [-0.1, -0.05) is 12.1 Å². The summed E-state index contributed by atoms with van der Waals surface area (Å²) in [5, 5.41) is 0. The summed E-state index contributed by atoms with van der Waals surface area (Å²) in [6, 6.07) is 14.5. The first-order valence-electron chi connectivity index (χ1n) is 7.73. The molecule has 0 unspecified atom stereocenters. The summed E-state index contributed by atoms with van der Waals surface area (Å²) in [5.41, 5.74) is 2.71. The Bertz CT molecular complexity index is 816. The zero-order valence-corrected chi connectivity index (χ0v) is 13.6. The first-order chi connectivity index (χ1) is 12.3. The predicted octanol–water partition coefficient (Wildman–Crippen LogP) is 3.68. The van der Waals surface area contributed by atoms with Crippen LogP contribution in [0.1, 0.15) is 6.92 Å². The monoisotopic (exact) mass is 336 g/mol. The van der Waals surface area contributed by atoms with Crippen LogP contribution in [-0.2, 0) is 9.68 Å². The van der Waals surface area contributed by atoms with Crippen LogP contribution in [0.2, 0.25) is 0 Å². The van der Waals surface area contributed by atoms with Gasteiger partial charge in [0.2, 0.25) is 0 Å². The average Bonchev–Trinajstić information content (AvgIpc) is 2.68. The van der Waals surface area contributed by atoms with E-state index in [0.29, 0.717) is 30.4 Å². The molecule has 0 saturated heterocycles. The summed E-state index contributed by atoms with van der Waals surface area (Å²) < 4.78 is 4.77. The highest BCUT2D eigenvalue weighted by molar-refractivity contribution is 5.64. The number of carbonyl (C=O) groups excluding carboxylic acids is 1. The lowest BCUT2D eigenvalue weighted by Crippen LogP contribution is -1.95. The van der Waals surface area contributed by atoms with Crippen molar-refractivity contribution < 1.29 is 19.3 Å². The molecule has 1 aromatic heterocycles. The summed E-state index contributed by atoms with van der Waals surface area (Å²) in [7, 11) is 0. The predicted molar refractivity (Wildman–Crippen MR) is 91.9 cm³/mol. The molecule has 0 spiro atoms. The Balaban J connectivity index is 1.74. The maximum atomic E-state index is 10.3. The van der Waals surface area contributed by atoms with E-state index in [-0.39, 0.29) is 0 Å². The summed E-state index contributed by atoms with van der Waals surface area (Å²) in [5.74, 6) is 1.71. The fourth-order valence-corrected chi connectivity index (χ4v) is 2.19. The lowest BCUT2D eigenvalue weighted by Gasteiger charge is -2.06. The summed E-state index contributed by atoms with van der Waals surface area (Å²) >= 11 is 0. The second-order valence-electron chi connectivity index (χ2n) is 5.05. The van der Waals surface area contributed by atoms with E-state index < -0.39 is 0 Å². The molecule has 0 radical (unpaired) electrons. The molecule has 3 rings (SSSR count). The van der Waals surface area contributed by atoms with E-state index >= 15 is 0 Å². The van der Waals surface area contributed by atoms with Crippen molar-refractivity contribution in [1.82, 2.24) is 9.97 Å². The third kappa shape index (κ3) is 4.19.